The minimum absolute atomic E-state index is 0.296. The number of nitrogens with zero attached hydrogens (tertiary/aromatic N) is 5. The lowest BCUT2D eigenvalue weighted by Crippen LogP contribution is -2.28. The zero-order chi connectivity index (χ0) is 17.8. The van der Waals surface area contributed by atoms with Crippen LogP contribution in [0.3, 0.4) is 0 Å². The van der Waals surface area contributed by atoms with E-state index in [-0.39, 0.29) is 0 Å². The third-order valence-electron chi connectivity index (χ3n) is 4.98. The zero-order valence-electron chi connectivity index (χ0n) is 15.0. The molecule has 0 radical (unpaired) electrons. The molecule has 0 bridgehead atoms. The minimum atomic E-state index is 0.296. The first-order valence-corrected chi connectivity index (χ1v) is 9.10. The van der Waals surface area contributed by atoms with Crippen LogP contribution in [0.2, 0.25) is 0 Å². The lowest BCUT2D eigenvalue weighted by atomic mass is 9.96. The molecule has 2 saturated heterocycles. The Bertz CT molecular complexity index is 737. The van der Waals surface area contributed by atoms with Gasteiger partial charge in [0.05, 0.1) is 7.11 Å². The number of hydrogen-bond donors (Lipinski definition) is 1. The van der Waals surface area contributed by atoms with Gasteiger partial charge in [-0.2, -0.15) is 0 Å². The second kappa shape index (κ2) is 7.82. The van der Waals surface area contributed by atoms with Crippen LogP contribution in [0.5, 0.6) is 5.88 Å². The third kappa shape index (κ3) is 3.85. The zero-order valence-corrected chi connectivity index (χ0v) is 15.0. The molecule has 0 aliphatic carbocycles. The molecule has 1 unspecified atom stereocenters. The third-order valence-corrected chi connectivity index (χ3v) is 4.98. The molecule has 2 fully saturated rings. The number of hydrogen-bond acceptors (Lipinski definition) is 8. The van der Waals surface area contributed by atoms with Crippen LogP contribution in [0.25, 0.3) is 0 Å². The SMILES string of the molecule is COc1cc(NC2CCN(c3nccc(C4CCOCC4)n3)C2)ncn1. The molecule has 8 heteroatoms. The van der Waals surface area contributed by atoms with Gasteiger partial charge in [-0.05, 0) is 25.3 Å². The Kier molecular flexibility index (Phi) is 5.10. The summed E-state index contributed by atoms with van der Waals surface area (Å²) >= 11 is 0. The van der Waals surface area contributed by atoms with Crippen molar-refractivity contribution >= 4 is 11.8 Å². The lowest BCUT2D eigenvalue weighted by Gasteiger charge is -2.23. The van der Waals surface area contributed by atoms with Crippen molar-refractivity contribution in [3.05, 3.63) is 30.4 Å². The van der Waals surface area contributed by atoms with E-state index in [4.69, 9.17) is 14.5 Å². The first kappa shape index (κ1) is 17.0. The number of ether oxygens (including phenoxy) is 2. The molecular formula is C18H24N6O2. The van der Waals surface area contributed by atoms with E-state index in [2.05, 4.69) is 25.2 Å². The Balaban J connectivity index is 1.40. The first-order valence-electron chi connectivity index (χ1n) is 9.10. The molecule has 26 heavy (non-hydrogen) atoms. The molecule has 0 amide bonds. The van der Waals surface area contributed by atoms with Crippen LogP contribution < -0.4 is 15.0 Å². The Morgan fingerprint density at radius 2 is 2.08 bits per heavy atom. The van der Waals surface area contributed by atoms with E-state index in [1.807, 2.05) is 18.3 Å². The Morgan fingerprint density at radius 3 is 2.92 bits per heavy atom. The molecule has 2 aromatic heterocycles. The van der Waals surface area contributed by atoms with Gasteiger partial charge in [0, 0.05) is 56.2 Å². The highest BCUT2D eigenvalue weighted by atomic mass is 16.5. The van der Waals surface area contributed by atoms with Gasteiger partial charge in [0.2, 0.25) is 11.8 Å². The second-order valence-corrected chi connectivity index (χ2v) is 6.69. The fraction of sp³-hybridized carbons (Fsp3) is 0.556. The number of aromatic nitrogens is 4. The van der Waals surface area contributed by atoms with Crippen molar-refractivity contribution in [3.63, 3.8) is 0 Å². The maximum absolute atomic E-state index is 5.46. The molecule has 0 spiro atoms. The Morgan fingerprint density at radius 1 is 1.19 bits per heavy atom. The van der Waals surface area contributed by atoms with E-state index in [9.17, 15) is 0 Å². The van der Waals surface area contributed by atoms with Crippen LogP contribution in [0.15, 0.2) is 24.7 Å². The van der Waals surface area contributed by atoms with Gasteiger partial charge in [-0.1, -0.05) is 0 Å². The smallest absolute Gasteiger partial charge is 0.225 e. The molecule has 2 aliphatic heterocycles. The monoisotopic (exact) mass is 356 g/mol. The molecule has 0 saturated carbocycles. The van der Waals surface area contributed by atoms with Crippen molar-refractivity contribution in [3.8, 4) is 5.88 Å². The van der Waals surface area contributed by atoms with Gasteiger partial charge in [0.25, 0.3) is 0 Å². The van der Waals surface area contributed by atoms with Crippen LogP contribution in [0.4, 0.5) is 11.8 Å². The average molecular weight is 356 g/mol. The number of rotatable bonds is 5. The van der Waals surface area contributed by atoms with Crippen molar-refractivity contribution in [2.75, 3.05) is 43.6 Å². The summed E-state index contributed by atoms with van der Waals surface area (Å²) in [6.45, 7) is 3.42. The molecule has 8 nitrogen and oxygen atoms in total. The lowest BCUT2D eigenvalue weighted by molar-refractivity contribution is 0.0845. The highest BCUT2D eigenvalue weighted by molar-refractivity contribution is 5.41. The normalized spacial score (nSPS) is 21.0. The summed E-state index contributed by atoms with van der Waals surface area (Å²) in [5.41, 5.74) is 1.13. The summed E-state index contributed by atoms with van der Waals surface area (Å²) in [4.78, 5) is 19.9. The molecule has 2 aromatic rings. The first-order chi connectivity index (χ1) is 12.8. The topological polar surface area (TPSA) is 85.3 Å². The predicted octanol–water partition coefficient (Wildman–Crippen LogP) is 1.86. The molecule has 1 N–H and O–H groups in total. The van der Waals surface area contributed by atoms with E-state index >= 15 is 0 Å². The summed E-state index contributed by atoms with van der Waals surface area (Å²) in [5.74, 6) is 2.64. The number of methoxy groups -OCH3 is 1. The quantitative estimate of drug-likeness (QED) is 0.869. The van der Waals surface area contributed by atoms with Crippen LogP contribution in [0.1, 0.15) is 30.9 Å². The van der Waals surface area contributed by atoms with Gasteiger partial charge in [0.1, 0.15) is 12.1 Å². The summed E-state index contributed by atoms with van der Waals surface area (Å²) in [7, 11) is 1.60. The van der Waals surface area contributed by atoms with Gasteiger partial charge in [-0.3, -0.25) is 0 Å². The molecule has 1 atom stereocenters. The molecule has 138 valence electrons. The molecule has 2 aliphatic rings. The molecule has 0 aromatic carbocycles. The van der Waals surface area contributed by atoms with E-state index in [1.165, 1.54) is 6.33 Å². The second-order valence-electron chi connectivity index (χ2n) is 6.69. The van der Waals surface area contributed by atoms with Gasteiger partial charge in [-0.15, -0.1) is 0 Å². The Labute approximate surface area is 153 Å². The van der Waals surface area contributed by atoms with Crippen molar-refractivity contribution in [2.24, 2.45) is 0 Å². The largest absolute Gasteiger partial charge is 0.481 e. The highest BCUT2D eigenvalue weighted by Crippen LogP contribution is 2.27. The summed E-state index contributed by atoms with van der Waals surface area (Å²) in [6, 6.07) is 4.15. The van der Waals surface area contributed by atoms with Crippen LogP contribution >= 0.6 is 0 Å². The van der Waals surface area contributed by atoms with Gasteiger partial charge in [-0.25, -0.2) is 19.9 Å². The maximum Gasteiger partial charge on any atom is 0.225 e. The molecule has 4 heterocycles. The van der Waals surface area contributed by atoms with Crippen molar-refractivity contribution in [1.82, 2.24) is 19.9 Å². The fourth-order valence-electron chi connectivity index (χ4n) is 3.53. The van der Waals surface area contributed by atoms with Gasteiger partial charge < -0.3 is 19.7 Å². The predicted molar refractivity (Wildman–Crippen MR) is 97.7 cm³/mol. The fourth-order valence-corrected chi connectivity index (χ4v) is 3.53. The molecular weight excluding hydrogens is 332 g/mol. The van der Waals surface area contributed by atoms with Crippen LogP contribution in [0, 0.1) is 0 Å². The average Bonchev–Trinajstić information content (AvgIpc) is 3.17. The summed E-state index contributed by atoms with van der Waals surface area (Å²) in [5, 5.41) is 3.45. The van der Waals surface area contributed by atoms with E-state index in [0.717, 1.165) is 63.0 Å². The van der Waals surface area contributed by atoms with Crippen molar-refractivity contribution < 1.29 is 9.47 Å². The summed E-state index contributed by atoms with van der Waals surface area (Å²) < 4.78 is 10.6. The highest BCUT2D eigenvalue weighted by Gasteiger charge is 2.26. The standard InChI is InChI=1S/C18H24N6O2/c1-25-17-10-16(20-12-21-17)22-14-3-7-24(11-14)18-19-6-2-15(23-18)13-4-8-26-9-5-13/h2,6,10,12-14H,3-5,7-9,11H2,1H3,(H,20,21,22). The van der Waals surface area contributed by atoms with E-state index < -0.39 is 0 Å². The number of anilines is 2. The van der Waals surface area contributed by atoms with Crippen molar-refractivity contribution in [1.29, 1.82) is 0 Å². The minimum Gasteiger partial charge on any atom is -0.481 e. The van der Waals surface area contributed by atoms with E-state index in [0.29, 0.717) is 17.8 Å². The maximum atomic E-state index is 5.46. The number of nitrogens with one attached hydrogen (secondary N) is 1. The van der Waals surface area contributed by atoms with Crippen LogP contribution in [-0.2, 0) is 4.74 Å². The van der Waals surface area contributed by atoms with Gasteiger partial charge in [0.15, 0.2) is 0 Å². The van der Waals surface area contributed by atoms with Crippen LogP contribution in [-0.4, -0.2) is 59.4 Å². The summed E-state index contributed by atoms with van der Waals surface area (Å²) in [6.07, 6.45) is 6.47. The van der Waals surface area contributed by atoms with Crippen molar-refractivity contribution in [2.45, 2.75) is 31.2 Å². The van der Waals surface area contributed by atoms with E-state index in [1.54, 1.807) is 7.11 Å². The Hall–Kier alpha value is -2.48. The van der Waals surface area contributed by atoms with Gasteiger partial charge >= 0.3 is 0 Å². The molecule has 4 rings (SSSR count).